The minimum absolute atomic E-state index is 0.0700. The third-order valence-corrected chi connectivity index (χ3v) is 5.26. The lowest BCUT2D eigenvalue weighted by Crippen LogP contribution is -2.39. The molecule has 11 nitrogen and oxygen atoms in total. The Kier molecular flexibility index (Phi) is 9.80. The highest BCUT2D eigenvalue weighted by atomic mass is 16.6. The Balaban J connectivity index is 1.89. The topological polar surface area (TPSA) is 129 Å². The molecule has 1 aromatic heterocycles. The number of hydrogen-bond donors (Lipinski definition) is 1. The summed E-state index contributed by atoms with van der Waals surface area (Å²) < 4.78 is 7.45. The van der Waals surface area contributed by atoms with E-state index in [0.29, 0.717) is 32.1 Å². The van der Waals surface area contributed by atoms with Gasteiger partial charge in [-0.05, 0) is 38.3 Å². The second kappa shape index (κ2) is 12.5. The third-order valence-electron chi connectivity index (χ3n) is 5.26. The maximum absolute atomic E-state index is 12.0. The van der Waals surface area contributed by atoms with Crippen molar-refractivity contribution in [2.75, 3.05) is 38.1 Å². The van der Waals surface area contributed by atoms with Crippen LogP contribution in [0.2, 0.25) is 0 Å². The first-order valence-corrected chi connectivity index (χ1v) is 10.8. The number of non-ortho nitro benzene ring substituents is 1. The van der Waals surface area contributed by atoms with Crippen LogP contribution in [0.25, 0.3) is 0 Å². The van der Waals surface area contributed by atoms with Crippen molar-refractivity contribution in [1.29, 1.82) is 0 Å². The molecule has 11 heteroatoms. The summed E-state index contributed by atoms with van der Waals surface area (Å²) in [5.74, 6) is 0.103. The van der Waals surface area contributed by atoms with E-state index in [4.69, 9.17) is 4.74 Å². The molecule has 1 heterocycles. The fraction of sp³-hybridized carbons (Fsp3) is 0.500. The van der Waals surface area contributed by atoms with Gasteiger partial charge in [-0.3, -0.25) is 33.7 Å². The Morgan fingerprint density at radius 2 is 1.82 bits per heavy atom. The molecule has 0 aliphatic heterocycles. The van der Waals surface area contributed by atoms with Crippen molar-refractivity contribution in [3.05, 3.63) is 66.8 Å². The fourth-order valence-corrected chi connectivity index (χ4v) is 3.35. The second-order valence-electron chi connectivity index (χ2n) is 7.66. The largest absolute Gasteiger partial charge is 0.465 e. The summed E-state index contributed by atoms with van der Waals surface area (Å²) in [5.41, 5.74) is 0.279. The van der Waals surface area contributed by atoms with Gasteiger partial charge in [0.15, 0.2) is 0 Å². The van der Waals surface area contributed by atoms with E-state index < -0.39 is 16.2 Å². The number of rotatable bonds is 13. The number of nitro groups is 1. The van der Waals surface area contributed by atoms with Gasteiger partial charge in [-0.25, -0.2) is 4.79 Å². The van der Waals surface area contributed by atoms with Crippen molar-refractivity contribution in [3.63, 3.8) is 0 Å². The lowest BCUT2D eigenvalue weighted by atomic mass is 10.1. The molecule has 0 saturated heterocycles. The molecule has 180 valence electrons. The number of benzene rings is 1. The van der Waals surface area contributed by atoms with Crippen molar-refractivity contribution in [3.8, 4) is 0 Å². The highest BCUT2D eigenvalue weighted by Gasteiger charge is 2.12. The lowest BCUT2D eigenvalue weighted by molar-refractivity contribution is -0.384. The molecular formula is C22H31N5O6. The van der Waals surface area contributed by atoms with Crippen LogP contribution < -0.4 is 16.6 Å². The van der Waals surface area contributed by atoms with Crippen molar-refractivity contribution in [2.45, 2.75) is 26.2 Å². The van der Waals surface area contributed by atoms with Crippen LogP contribution in [0.15, 0.2) is 39.9 Å². The Morgan fingerprint density at radius 3 is 2.45 bits per heavy atom. The van der Waals surface area contributed by atoms with E-state index in [9.17, 15) is 24.5 Å². The molecule has 2 rings (SSSR count). The van der Waals surface area contributed by atoms with Crippen molar-refractivity contribution >= 4 is 17.5 Å². The smallest absolute Gasteiger partial charge is 0.332 e. The molecule has 0 atom stereocenters. The molecule has 0 fully saturated rings. The Morgan fingerprint density at radius 1 is 1.12 bits per heavy atom. The van der Waals surface area contributed by atoms with Crippen LogP contribution >= 0.6 is 0 Å². The summed E-state index contributed by atoms with van der Waals surface area (Å²) in [5, 5.41) is 13.8. The van der Waals surface area contributed by atoms with E-state index in [2.05, 4.69) is 5.32 Å². The van der Waals surface area contributed by atoms with E-state index >= 15 is 0 Å². The molecule has 0 bridgehead atoms. The number of aromatic nitrogens is 2. The quantitative estimate of drug-likeness (QED) is 0.205. The first-order valence-electron chi connectivity index (χ1n) is 10.8. The molecule has 1 aromatic carbocycles. The number of nitrogens with one attached hydrogen (secondary N) is 1. The van der Waals surface area contributed by atoms with Gasteiger partial charge >= 0.3 is 11.7 Å². The van der Waals surface area contributed by atoms with Crippen LogP contribution in [0.1, 0.15) is 25.3 Å². The number of nitrogens with zero attached hydrogens (tertiary/aromatic N) is 4. The number of nitro benzene ring substituents is 1. The van der Waals surface area contributed by atoms with Gasteiger partial charge in [0.1, 0.15) is 5.82 Å². The van der Waals surface area contributed by atoms with Crippen molar-refractivity contribution in [1.82, 2.24) is 14.0 Å². The van der Waals surface area contributed by atoms with Crippen LogP contribution in [0.3, 0.4) is 0 Å². The summed E-state index contributed by atoms with van der Waals surface area (Å²) in [6.07, 6.45) is 2.45. The molecular weight excluding hydrogens is 430 g/mol. The normalized spacial score (nSPS) is 10.9. The summed E-state index contributed by atoms with van der Waals surface area (Å²) in [6.45, 7) is 3.80. The minimum atomic E-state index is -0.420. The molecule has 0 unspecified atom stereocenters. The second-order valence-corrected chi connectivity index (χ2v) is 7.66. The van der Waals surface area contributed by atoms with Gasteiger partial charge in [0.25, 0.3) is 11.2 Å². The zero-order valence-electron chi connectivity index (χ0n) is 19.3. The van der Waals surface area contributed by atoms with E-state index in [0.717, 1.165) is 29.4 Å². The molecule has 1 N–H and O–H groups in total. The molecule has 0 radical (unpaired) electrons. The zero-order valence-corrected chi connectivity index (χ0v) is 19.3. The van der Waals surface area contributed by atoms with Crippen LogP contribution in [0.5, 0.6) is 0 Å². The van der Waals surface area contributed by atoms with Crippen LogP contribution in [-0.4, -0.2) is 57.7 Å². The number of anilines is 1. The van der Waals surface area contributed by atoms with Gasteiger partial charge in [0.2, 0.25) is 0 Å². The van der Waals surface area contributed by atoms with Crippen molar-refractivity contribution in [2.24, 2.45) is 14.1 Å². The standard InChI is InChI=1S/C22H31N5O6/c1-4-33-21(29)16-26(13-6-5-7-17-8-10-18(11-9-17)27(31)32)14-12-23-19-15-20(28)25(3)22(30)24(19)2/h8-11,15,23H,4-7,12-14,16H2,1-3H3. The van der Waals surface area contributed by atoms with Gasteiger partial charge in [-0.15, -0.1) is 0 Å². The first kappa shape index (κ1) is 25.8. The molecule has 0 spiro atoms. The number of aryl methyl sites for hydroxylation is 1. The van der Waals surface area contributed by atoms with Gasteiger partial charge in [-0.1, -0.05) is 12.1 Å². The molecule has 0 aliphatic rings. The summed E-state index contributed by atoms with van der Waals surface area (Å²) in [7, 11) is 3.00. The van der Waals surface area contributed by atoms with Crippen LogP contribution in [0.4, 0.5) is 11.5 Å². The number of ether oxygens (including phenoxy) is 1. The Labute approximate surface area is 191 Å². The zero-order chi connectivity index (χ0) is 24.4. The van der Waals surface area contributed by atoms with Gasteiger partial charge in [-0.2, -0.15) is 0 Å². The maximum Gasteiger partial charge on any atom is 0.332 e. The number of carbonyl (C=O) groups is 1. The fourth-order valence-electron chi connectivity index (χ4n) is 3.35. The summed E-state index contributed by atoms with van der Waals surface area (Å²) in [4.78, 5) is 48.2. The van der Waals surface area contributed by atoms with E-state index in [1.54, 1.807) is 26.1 Å². The predicted octanol–water partition coefficient (Wildman–Crippen LogP) is 1.29. The number of hydrogen-bond acceptors (Lipinski definition) is 8. The summed E-state index contributed by atoms with van der Waals surface area (Å²) in [6, 6.07) is 7.87. The maximum atomic E-state index is 12.0. The van der Waals surface area contributed by atoms with E-state index in [1.165, 1.54) is 29.8 Å². The summed E-state index contributed by atoms with van der Waals surface area (Å²) >= 11 is 0. The molecule has 0 saturated carbocycles. The number of unbranched alkanes of at least 4 members (excludes halogenated alkanes) is 1. The minimum Gasteiger partial charge on any atom is -0.465 e. The highest BCUT2D eigenvalue weighted by molar-refractivity contribution is 5.71. The molecule has 33 heavy (non-hydrogen) atoms. The molecule has 0 aliphatic carbocycles. The van der Waals surface area contributed by atoms with Crippen LogP contribution in [-0.2, 0) is 30.0 Å². The number of esters is 1. The van der Waals surface area contributed by atoms with Crippen LogP contribution in [0, 0.1) is 10.1 Å². The number of carbonyl (C=O) groups excluding carboxylic acids is 1. The monoisotopic (exact) mass is 461 g/mol. The first-order chi connectivity index (χ1) is 15.7. The highest BCUT2D eigenvalue weighted by Crippen LogP contribution is 2.14. The average molecular weight is 462 g/mol. The van der Waals surface area contributed by atoms with Gasteiger partial charge in [0, 0.05) is 45.4 Å². The van der Waals surface area contributed by atoms with Crippen molar-refractivity contribution < 1.29 is 14.5 Å². The Bertz CT molecular complexity index is 1060. The molecule has 2 aromatic rings. The SMILES string of the molecule is CCOC(=O)CN(CCCCc1ccc([N+](=O)[O-])cc1)CCNc1cc(=O)n(C)c(=O)n1C. The van der Waals surface area contributed by atoms with E-state index in [1.807, 2.05) is 4.90 Å². The lowest BCUT2D eigenvalue weighted by Gasteiger charge is -2.22. The van der Waals surface area contributed by atoms with Gasteiger partial charge < -0.3 is 10.1 Å². The average Bonchev–Trinajstić information content (AvgIpc) is 2.78. The Hall–Kier alpha value is -3.47. The molecule has 0 amide bonds. The van der Waals surface area contributed by atoms with E-state index in [-0.39, 0.29) is 18.2 Å². The predicted molar refractivity (Wildman–Crippen MR) is 125 cm³/mol. The third kappa shape index (κ3) is 7.86. The van der Waals surface area contributed by atoms with Gasteiger partial charge in [0.05, 0.1) is 18.1 Å².